The molecule has 0 radical (unpaired) electrons. The second kappa shape index (κ2) is 7.81. The van der Waals surface area contributed by atoms with Gasteiger partial charge in [-0.3, -0.25) is 0 Å². The molecule has 4 aromatic rings. The first kappa shape index (κ1) is 19.4. The first-order valence-corrected chi connectivity index (χ1v) is 10.7. The summed E-state index contributed by atoms with van der Waals surface area (Å²) in [5, 5.41) is 4.48. The number of aromatic nitrogens is 2. The number of nitrogens with zero attached hydrogens (tertiary/aromatic N) is 2. The highest BCUT2D eigenvalue weighted by Crippen LogP contribution is 2.26. The van der Waals surface area contributed by atoms with Crippen molar-refractivity contribution in [2.45, 2.75) is 11.5 Å². The molecule has 0 aliphatic rings. The van der Waals surface area contributed by atoms with Crippen LogP contribution >= 0.6 is 11.6 Å². The summed E-state index contributed by atoms with van der Waals surface area (Å²) >= 11 is 5.87. The smallest absolute Gasteiger partial charge is 0.293 e. The third-order valence-corrected chi connectivity index (χ3v) is 5.82. The fraction of sp³-hybridized carbons (Fsp3) is 0.100. The molecule has 0 fully saturated rings. The molecule has 0 spiro atoms. The maximum Gasteiger partial charge on any atom is 0.293 e. The monoisotopic (exact) mass is 432 g/mol. The Kier molecular flexibility index (Phi) is 5.21. The zero-order valence-electron chi connectivity index (χ0n) is 14.9. The average Bonchev–Trinajstić information content (AvgIpc) is 3.33. The molecule has 0 saturated heterocycles. The summed E-state index contributed by atoms with van der Waals surface area (Å²) in [5.74, 6) is -0.445. The van der Waals surface area contributed by atoms with Gasteiger partial charge in [0.05, 0.1) is 5.75 Å². The van der Waals surface area contributed by atoms with Crippen LogP contribution in [-0.2, 0) is 21.3 Å². The predicted molar refractivity (Wildman–Crippen MR) is 105 cm³/mol. The van der Waals surface area contributed by atoms with Gasteiger partial charge >= 0.3 is 0 Å². The molecule has 2 aromatic heterocycles. The number of hydrogen-bond acceptors (Lipinski definition) is 6. The van der Waals surface area contributed by atoms with Crippen molar-refractivity contribution in [3.63, 3.8) is 0 Å². The molecule has 2 aromatic carbocycles. The van der Waals surface area contributed by atoms with Crippen LogP contribution in [0.1, 0.15) is 11.3 Å². The number of sulfone groups is 1. The van der Waals surface area contributed by atoms with Gasteiger partial charge in [0.2, 0.25) is 5.82 Å². The van der Waals surface area contributed by atoms with Gasteiger partial charge in [0, 0.05) is 16.1 Å². The second-order valence-corrected chi connectivity index (χ2v) is 8.82. The van der Waals surface area contributed by atoms with Crippen molar-refractivity contribution in [2.75, 3.05) is 0 Å². The molecule has 0 bridgehead atoms. The number of furan rings is 1. The molecule has 9 heteroatoms. The molecule has 148 valence electrons. The summed E-state index contributed by atoms with van der Waals surface area (Å²) in [6, 6.07) is 15.7. The Morgan fingerprint density at radius 3 is 2.48 bits per heavy atom. The van der Waals surface area contributed by atoms with Crippen LogP contribution in [0.5, 0.6) is 0 Å². The standard InChI is InChI=1S/C20H14ClFN2O4S/c21-15-7-5-13(6-8-15)19-23-20(28-24-19)18-10-9-16(27-18)12-29(25,26)11-14-3-1-2-4-17(14)22/h1-10H,11-12H2. The van der Waals surface area contributed by atoms with Gasteiger partial charge in [-0.05, 0) is 42.5 Å². The maximum atomic E-state index is 13.7. The largest absolute Gasteiger partial charge is 0.455 e. The Hall–Kier alpha value is -2.97. The molecule has 0 aliphatic heterocycles. The van der Waals surface area contributed by atoms with Crippen molar-refractivity contribution < 1.29 is 21.7 Å². The molecule has 0 N–H and O–H groups in total. The second-order valence-electron chi connectivity index (χ2n) is 6.32. The Balaban J connectivity index is 1.50. The van der Waals surface area contributed by atoms with E-state index in [1.807, 2.05) is 0 Å². The van der Waals surface area contributed by atoms with Gasteiger partial charge in [0.25, 0.3) is 5.89 Å². The summed E-state index contributed by atoms with van der Waals surface area (Å²) in [4.78, 5) is 4.26. The number of hydrogen-bond donors (Lipinski definition) is 0. The molecule has 0 unspecified atom stereocenters. The molecule has 29 heavy (non-hydrogen) atoms. The number of halogens is 2. The van der Waals surface area contributed by atoms with Gasteiger partial charge in [-0.25, -0.2) is 12.8 Å². The minimum Gasteiger partial charge on any atom is -0.455 e. The summed E-state index contributed by atoms with van der Waals surface area (Å²) in [6.07, 6.45) is 0. The Morgan fingerprint density at radius 1 is 0.966 bits per heavy atom. The highest BCUT2D eigenvalue weighted by molar-refractivity contribution is 7.89. The molecule has 0 saturated carbocycles. The van der Waals surface area contributed by atoms with Crippen molar-refractivity contribution in [2.24, 2.45) is 0 Å². The van der Waals surface area contributed by atoms with Crippen LogP contribution in [0.2, 0.25) is 5.02 Å². The van der Waals surface area contributed by atoms with Crippen molar-refractivity contribution in [1.82, 2.24) is 10.1 Å². The highest BCUT2D eigenvalue weighted by atomic mass is 35.5. The first-order chi connectivity index (χ1) is 13.9. The molecule has 2 heterocycles. The van der Waals surface area contributed by atoms with Crippen molar-refractivity contribution in [3.05, 3.63) is 82.8 Å². The van der Waals surface area contributed by atoms with Crippen LogP contribution in [0.4, 0.5) is 4.39 Å². The van der Waals surface area contributed by atoms with Crippen LogP contribution in [0.25, 0.3) is 23.0 Å². The van der Waals surface area contributed by atoms with Gasteiger partial charge in [-0.1, -0.05) is 35.0 Å². The summed E-state index contributed by atoms with van der Waals surface area (Å²) in [7, 11) is -3.63. The lowest BCUT2D eigenvalue weighted by Crippen LogP contribution is -2.08. The van der Waals surface area contributed by atoms with Gasteiger partial charge in [-0.2, -0.15) is 4.98 Å². The zero-order valence-corrected chi connectivity index (χ0v) is 16.5. The van der Waals surface area contributed by atoms with E-state index >= 15 is 0 Å². The fourth-order valence-corrected chi connectivity index (χ4v) is 4.26. The lowest BCUT2D eigenvalue weighted by Gasteiger charge is -2.04. The van der Waals surface area contributed by atoms with Crippen LogP contribution in [0, 0.1) is 5.82 Å². The zero-order chi connectivity index (χ0) is 20.4. The van der Waals surface area contributed by atoms with Gasteiger partial charge in [-0.15, -0.1) is 0 Å². The summed E-state index contributed by atoms with van der Waals surface area (Å²) in [6.45, 7) is 0. The van der Waals surface area contributed by atoms with Crippen molar-refractivity contribution >= 4 is 21.4 Å². The molecule has 0 amide bonds. The number of rotatable bonds is 6. The minimum absolute atomic E-state index is 0.115. The molecule has 6 nitrogen and oxygen atoms in total. The third-order valence-electron chi connectivity index (χ3n) is 4.10. The van der Waals surface area contributed by atoms with Crippen LogP contribution in [0.15, 0.2) is 69.6 Å². The number of benzene rings is 2. The van der Waals surface area contributed by atoms with Crippen molar-refractivity contribution in [1.29, 1.82) is 0 Å². The summed E-state index contributed by atoms with van der Waals surface area (Å²) in [5.41, 5.74) is 0.826. The lowest BCUT2D eigenvalue weighted by molar-refractivity contribution is 0.413. The third kappa shape index (κ3) is 4.55. The van der Waals surface area contributed by atoms with Crippen LogP contribution < -0.4 is 0 Å². The van der Waals surface area contributed by atoms with Crippen molar-refractivity contribution in [3.8, 4) is 23.0 Å². The topological polar surface area (TPSA) is 86.2 Å². The van der Waals surface area contributed by atoms with E-state index < -0.39 is 21.4 Å². The van der Waals surface area contributed by atoms with Gasteiger partial charge in [0.15, 0.2) is 15.6 Å². The minimum atomic E-state index is -3.63. The lowest BCUT2D eigenvalue weighted by atomic mass is 10.2. The van der Waals surface area contributed by atoms with E-state index in [1.165, 1.54) is 24.3 Å². The molecular weight excluding hydrogens is 419 g/mol. The van der Waals surface area contributed by atoms with Gasteiger partial charge in [0.1, 0.15) is 17.3 Å². The Morgan fingerprint density at radius 2 is 1.72 bits per heavy atom. The van der Waals surface area contributed by atoms with E-state index in [2.05, 4.69) is 10.1 Å². The van der Waals surface area contributed by atoms with E-state index in [0.717, 1.165) is 0 Å². The highest BCUT2D eigenvalue weighted by Gasteiger charge is 2.20. The normalized spacial score (nSPS) is 11.7. The maximum absolute atomic E-state index is 13.7. The van der Waals surface area contributed by atoms with E-state index in [1.54, 1.807) is 36.4 Å². The fourth-order valence-electron chi connectivity index (χ4n) is 2.73. The molecular formula is C20H14ClFN2O4S. The first-order valence-electron chi connectivity index (χ1n) is 8.52. The van der Waals surface area contributed by atoms with Gasteiger partial charge < -0.3 is 8.94 Å². The quantitative estimate of drug-likeness (QED) is 0.430. The van der Waals surface area contributed by atoms with E-state index in [0.29, 0.717) is 16.4 Å². The summed E-state index contributed by atoms with van der Waals surface area (Å²) < 4.78 is 49.3. The molecule has 4 rings (SSSR count). The average molecular weight is 433 g/mol. The SMILES string of the molecule is O=S(=O)(Cc1ccc(-c2nc(-c3ccc(Cl)cc3)no2)o1)Cc1ccccc1F. The molecule has 0 aliphatic carbocycles. The van der Waals surface area contributed by atoms with Crippen LogP contribution in [-0.4, -0.2) is 18.6 Å². The Bertz CT molecular complexity index is 1250. The van der Waals surface area contributed by atoms with Crippen LogP contribution in [0.3, 0.4) is 0 Å². The Labute approximate surface area is 170 Å². The molecule has 0 atom stereocenters. The van der Waals surface area contributed by atoms with E-state index in [4.69, 9.17) is 20.5 Å². The predicted octanol–water partition coefficient (Wildman–Crippen LogP) is 4.90. The van der Waals surface area contributed by atoms with E-state index in [-0.39, 0.29) is 28.7 Å². The van der Waals surface area contributed by atoms with E-state index in [9.17, 15) is 12.8 Å².